The van der Waals surface area contributed by atoms with Crippen molar-refractivity contribution in [2.45, 2.75) is 0 Å². The number of hydrogen-bond acceptors (Lipinski definition) is 7. The van der Waals surface area contributed by atoms with E-state index >= 15 is 0 Å². The third-order valence-corrected chi connectivity index (χ3v) is 4.28. The second kappa shape index (κ2) is 3.76. The van der Waals surface area contributed by atoms with Crippen molar-refractivity contribution >= 4 is 43.2 Å². The van der Waals surface area contributed by atoms with Crippen LogP contribution in [0.5, 0.6) is 0 Å². The molecule has 0 N–H and O–H groups in total. The van der Waals surface area contributed by atoms with Crippen LogP contribution >= 0.6 is 22.7 Å². The van der Waals surface area contributed by atoms with Gasteiger partial charge in [0, 0.05) is 6.20 Å². The highest BCUT2D eigenvalue weighted by Gasteiger charge is 2.10. The highest BCUT2D eigenvalue weighted by atomic mass is 32.1. The fraction of sp³-hybridized carbons (Fsp3) is 0. The van der Waals surface area contributed by atoms with E-state index in [0.717, 1.165) is 25.6 Å². The van der Waals surface area contributed by atoms with Gasteiger partial charge in [0.2, 0.25) is 0 Å². The summed E-state index contributed by atoms with van der Waals surface area (Å²) >= 11 is 3.11. The third kappa shape index (κ3) is 1.48. The van der Waals surface area contributed by atoms with Crippen molar-refractivity contribution in [1.82, 2.24) is 24.9 Å². The predicted molar refractivity (Wildman–Crippen MR) is 71.6 cm³/mol. The number of thiophene rings is 1. The minimum atomic E-state index is 0.643. The summed E-state index contributed by atoms with van der Waals surface area (Å²) in [5, 5.41) is 2.78. The molecule has 4 aromatic heterocycles. The van der Waals surface area contributed by atoms with Crippen LogP contribution in [0.4, 0.5) is 0 Å². The molecule has 0 amide bonds. The smallest absolute Gasteiger partial charge is 0.189 e. The summed E-state index contributed by atoms with van der Waals surface area (Å²) in [6.07, 6.45) is 5.05. The standard InChI is InChI=1S/C11H5N5S2/c1-2-17-8-4-13-9(15-6(1)8)11-16-7-3-12-5-14-10(7)18-11/h1-5H. The van der Waals surface area contributed by atoms with Gasteiger partial charge in [-0.1, -0.05) is 11.3 Å². The van der Waals surface area contributed by atoms with Gasteiger partial charge in [-0.2, -0.15) is 0 Å². The molecule has 0 aromatic carbocycles. The van der Waals surface area contributed by atoms with Crippen LogP contribution < -0.4 is 0 Å². The van der Waals surface area contributed by atoms with E-state index in [1.807, 2.05) is 17.6 Å². The van der Waals surface area contributed by atoms with Gasteiger partial charge < -0.3 is 0 Å². The van der Waals surface area contributed by atoms with Crippen LogP contribution in [0.1, 0.15) is 0 Å². The Kier molecular flexibility index (Phi) is 2.08. The van der Waals surface area contributed by atoms with Gasteiger partial charge in [-0.3, -0.25) is 0 Å². The zero-order valence-electron chi connectivity index (χ0n) is 8.94. The largest absolute Gasteiger partial charge is 0.242 e. The second-order valence-electron chi connectivity index (χ2n) is 3.60. The molecule has 0 fully saturated rings. The molecule has 0 aliphatic rings. The summed E-state index contributed by atoms with van der Waals surface area (Å²) in [5.41, 5.74) is 1.74. The maximum absolute atomic E-state index is 4.50. The summed E-state index contributed by atoms with van der Waals surface area (Å²) in [6, 6.07) is 1.98. The first-order valence-electron chi connectivity index (χ1n) is 5.17. The van der Waals surface area contributed by atoms with E-state index in [0.29, 0.717) is 5.82 Å². The maximum atomic E-state index is 4.50. The van der Waals surface area contributed by atoms with Crippen LogP contribution in [0, 0.1) is 0 Å². The molecular formula is C11H5N5S2. The summed E-state index contributed by atoms with van der Waals surface area (Å²) in [7, 11) is 0. The first-order chi connectivity index (χ1) is 8.90. The second-order valence-corrected chi connectivity index (χ2v) is 5.52. The monoisotopic (exact) mass is 271 g/mol. The van der Waals surface area contributed by atoms with E-state index in [1.165, 1.54) is 17.7 Å². The van der Waals surface area contributed by atoms with E-state index in [-0.39, 0.29) is 0 Å². The Morgan fingerprint density at radius 3 is 2.94 bits per heavy atom. The molecule has 0 spiro atoms. The number of nitrogens with zero attached hydrogens (tertiary/aromatic N) is 5. The highest BCUT2D eigenvalue weighted by molar-refractivity contribution is 7.21. The normalized spacial score (nSPS) is 11.3. The fourth-order valence-electron chi connectivity index (χ4n) is 1.65. The van der Waals surface area contributed by atoms with Crippen molar-refractivity contribution in [1.29, 1.82) is 0 Å². The van der Waals surface area contributed by atoms with Crippen LogP contribution in [0.3, 0.4) is 0 Å². The molecule has 5 nitrogen and oxygen atoms in total. The van der Waals surface area contributed by atoms with Crippen molar-refractivity contribution in [3.8, 4) is 10.8 Å². The number of rotatable bonds is 1. The van der Waals surface area contributed by atoms with Gasteiger partial charge in [0.15, 0.2) is 10.8 Å². The Hall–Kier alpha value is -1.99. The Morgan fingerprint density at radius 1 is 1.00 bits per heavy atom. The van der Waals surface area contributed by atoms with Crippen molar-refractivity contribution in [2.24, 2.45) is 0 Å². The molecular weight excluding hydrogens is 266 g/mol. The number of fused-ring (bicyclic) bond motifs is 2. The van der Waals surface area contributed by atoms with E-state index in [2.05, 4.69) is 24.9 Å². The van der Waals surface area contributed by atoms with Gasteiger partial charge >= 0.3 is 0 Å². The summed E-state index contributed by atoms with van der Waals surface area (Å²) in [5.74, 6) is 0.643. The molecule has 0 unspecified atom stereocenters. The molecule has 0 bridgehead atoms. The van der Waals surface area contributed by atoms with E-state index in [1.54, 1.807) is 17.5 Å². The van der Waals surface area contributed by atoms with Gasteiger partial charge in [0.05, 0.1) is 16.4 Å². The lowest BCUT2D eigenvalue weighted by Crippen LogP contribution is -1.86. The molecule has 0 radical (unpaired) electrons. The van der Waals surface area contributed by atoms with E-state index in [4.69, 9.17) is 0 Å². The first-order valence-corrected chi connectivity index (χ1v) is 6.87. The van der Waals surface area contributed by atoms with Crippen molar-refractivity contribution in [2.75, 3.05) is 0 Å². The molecule has 0 saturated heterocycles. The maximum Gasteiger partial charge on any atom is 0.189 e. The molecule has 0 saturated carbocycles. The average Bonchev–Trinajstić information content (AvgIpc) is 3.04. The van der Waals surface area contributed by atoms with Crippen molar-refractivity contribution < 1.29 is 0 Å². The van der Waals surface area contributed by atoms with Gasteiger partial charge in [-0.25, -0.2) is 24.9 Å². The molecule has 18 heavy (non-hydrogen) atoms. The Morgan fingerprint density at radius 2 is 2.00 bits per heavy atom. The predicted octanol–water partition coefficient (Wildman–Crippen LogP) is 2.76. The van der Waals surface area contributed by atoms with Gasteiger partial charge in [0.25, 0.3) is 0 Å². The number of hydrogen-bond donors (Lipinski definition) is 0. The van der Waals surface area contributed by atoms with E-state index in [9.17, 15) is 0 Å². The Balaban J connectivity index is 1.94. The minimum Gasteiger partial charge on any atom is -0.242 e. The van der Waals surface area contributed by atoms with Crippen LogP contribution in [0.15, 0.2) is 30.2 Å². The van der Waals surface area contributed by atoms with Crippen molar-refractivity contribution in [3.05, 3.63) is 30.2 Å². The van der Waals surface area contributed by atoms with Crippen LogP contribution in [-0.4, -0.2) is 24.9 Å². The zero-order chi connectivity index (χ0) is 11.9. The lowest BCUT2D eigenvalue weighted by Gasteiger charge is -1.93. The SMILES string of the molecule is c1ncc2nc(-c3ncc4sccc4n3)sc2n1. The zero-order valence-corrected chi connectivity index (χ0v) is 10.6. The molecule has 0 aliphatic carbocycles. The number of aromatic nitrogens is 5. The minimum absolute atomic E-state index is 0.643. The molecule has 7 heteroatoms. The number of thiazole rings is 1. The molecule has 86 valence electrons. The molecule has 0 atom stereocenters. The summed E-state index contributed by atoms with van der Waals surface area (Å²) in [6.45, 7) is 0. The molecule has 0 aliphatic heterocycles. The van der Waals surface area contributed by atoms with Crippen LogP contribution in [-0.2, 0) is 0 Å². The summed E-state index contributed by atoms with van der Waals surface area (Å²) < 4.78 is 1.08. The molecule has 4 heterocycles. The lowest BCUT2D eigenvalue weighted by atomic mass is 10.4. The average molecular weight is 271 g/mol. The Bertz CT molecular complexity index is 818. The molecule has 4 rings (SSSR count). The Labute approximate surface area is 109 Å². The van der Waals surface area contributed by atoms with Crippen LogP contribution in [0.2, 0.25) is 0 Å². The van der Waals surface area contributed by atoms with Crippen molar-refractivity contribution in [3.63, 3.8) is 0 Å². The summed E-state index contributed by atoms with van der Waals surface area (Å²) in [4.78, 5) is 22.3. The fourth-order valence-corrected chi connectivity index (χ4v) is 3.17. The lowest BCUT2D eigenvalue weighted by molar-refractivity contribution is 1.20. The van der Waals surface area contributed by atoms with Gasteiger partial charge in [-0.05, 0) is 11.4 Å². The first kappa shape index (κ1) is 9.98. The molecule has 4 aromatic rings. The van der Waals surface area contributed by atoms with Crippen LogP contribution in [0.25, 0.3) is 31.4 Å². The van der Waals surface area contributed by atoms with Gasteiger partial charge in [-0.15, -0.1) is 11.3 Å². The van der Waals surface area contributed by atoms with Gasteiger partial charge in [0.1, 0.15) is 16.7 Å². The quantitative estimate of drug-likeness (QED) is 0.532. The van der Waals surface area contributed by atoms with E-state index < -0.39 is 0 Å². The topological polar surface area (TPSA) is 64.5 Å². The highest BCUT2D eigenvalue weighted by Crippen LogP contribution is 2.27. The third-order valence-electron chi connectivity index (χ3n) is 2.47.